The Kier molecular flexibility index (Phi) is 3.33. The maximum absolute atomic E-state index is 11.9. The molecule has 2 heterocycles. The van der Waals surface area contributed by atoms with Crippen LogP contribution in [0, 0.1) is 10.5 Å². The van der Waals surface area contributed by atoms with E-state index in [4.69, 9.17) is 0 Å². The topological polar surface area (TPSA) is 47.8 Å². The van der Waals surface area contributed by atoms with Gasteiger partial charge in [0.25, 0.3) is 5.56 Å². The minimum atomic E-state index is -0.00282. The maximum Gasteiger partial charge on any atom is 0.267 e. The zero-order valence-corrected chi connectivity index (χ0v) is 10.9. The van der Waals surface area contributed by atoms with Gasteiger partial charge in [-0.2, -0.15) is 0 Å². The van der Waals surface area contributed by atoms with Crippen molar-refractivity contribution in [1.82, 2.24) is 14.5 Å². The monoisotopic (exact) mass is 327 g/mol. The third-order valence-corrected chi connectivity index (χ3v) is 3.01. The molecule has 0 aliphatic heterocycles. The Hall–Kier alpha value is -1.24. The Bertz CT molecular complexity index is 551. The molecule has 2 rings (SSSR count). The summed E-state index contributed by atoms with van der Waals surface area (Å²) in [5.74, 6) is 0.717. The summed E-state index contributed by atoms with van der Waals surface area (Å²) >= 11 is 2.00. The van der Waals surface area contributed by atoms with Crippen molar-refractivity contribution in [3.63, 3.8) is 0 Å². The van der Waals surface area contributed by atoms with Gasteiger partial charge in [0.15, 0.2) is 0 Å². The van der Waals surface area contributed by atoms with Crippen molar-refractivity contribution in [2.24, 2.45) is 0 Å². The average Bonchev–Trinajstić information content (AvgIpc) is 2.31. The molecular formula is C11H10IN3O. The SMILES string of the molecule is Cc1ncc(I)c(=O)n1Cc1cccnc1. The number of hydrogen-bond donors (Lipinski definition) is 0. The molecule has 0 aliphatic rings. The molecule has 0 radical (unpaired) electrons. The highest BCUT2D eigenvalue weighted by Crippen LogP contribution is 2.02. The lowest BCUT2D eigenvalue weighted by atomic mass is 10.3. The molecule has 0 unspecified atom stereocenters. The molecule has 0 saturated carbocycles. The second-order valence-corrected chi connectivity index (χ2v) is 4.57. The van der Waals surface area contributed by atoms with Crippen molar-refractivity contribution in [1.29, 1.82) is 0 Å². The van der Waals surface area contributed by atoms with Crippen LogP contribution < -0.4 is 5.56 Å². The largest absolute Gasteiger partial charge is 0.291 e. The number of pyridine rings is 1. The first-order chi connectivity index (χ1) is 7.68. The van der Waals surface area contributed by atoms with Gasteiger partial charge in [-0.1, -0.05) is 6.07 Å². The second kappa shape index (κ2) is 4.73. The van der Waals surface area contributed by atoms with Crippen LogP contribution in [0.2, 0.25) is 0 Å². The number of hydrogen-bond acceptors (Lipinski definition) is 3. The Morgan fingerprint density at radius 3 is 2.94 bits per heavy atom. The molecule has 5 heteroatoms. The second-order valence-electron chi connectivity index (χ2n) is 3.41. The first kappa shape index (κ1) is 11.3. The summed E-state index contributed by atoms with van der Waals surface area (Å²) in [5.41, 5.74) is 0.994. The predicted molar refractivity (Wildman–Crippen MR) is 69.3 cm³/mol. The highest BCUT2D eigenvalue weighted by Gasteiger charge is 2.05. The van der Waals surface area contributed by atoms with Crippen molar-refractivity contribution >= 4 is 22.6 Å². The van der Waals surface area contributed by atoms with Crippen LogP contribution in [0.4, 0.5) is 0 Å². The van der Waals surface area contributed by atoms with E-state index >= 15 is 0 Å². The fourth-order valence-electron chi connectivity index (χ4n) is 1.41. The molecule has 0 saturated heterocycles. The van der Waals surface area contributed by atoms with E-state index in [-0.39, 0.29) is 5.56 Å². The first-order valence-electron chi connectivity index (χ1n) is 4.79. The van der Waals surface area contributed by atoms with Gasteiger partial charge >= 0.3 is 0 Å². The lowest BCUT2D eigenvalue weighted by Crippen LogP contribution is -2.26. The van der Waals surface area contributed by atoms with Crippen LogP contribution in [0.1, 0.15) is 11.4 Å². The fourth-order valence-corrected chi connectivity index (χ4v) is 1.84. The van der Waals surface area contributed by atoms with E-state index < -0.39 is 0 Å². The molecule has 4 nitrogen and oxygen atoms in total. The Morgan fingerprint density at radius 1 is 1.44 bits per heavy atom. The lowest BCUT2D eigenvalue weighted by Gasteiger charge is -2.08. The maximum atomic E-state index is 11.9. The summed E-state index contributed by atoms with van der Waals surface area (Å²) in [4.78, 5) is 20.1. The minimum Gasteiger partial charge on any atom is -0.291 e. The van der Waals surface area contributed by atoms with Crippen molar-refractivity contribution in [3.05, 3.63) is 56.0 Å². The first-order valence-corrected chi connectivity index (χ1v) is 5.87. The number of nitrogens with zero attached hydrogens (tertiary/aromatic N) is 3. The van der Waals surface area contributed by atoms with Gasteiger partial charge in [0.1, 0.15) is 5.82 Å². The van der Waals surface area contributed by atoms with Crippen LogP contribution in [-0.2, 0) is 6.54 Å². The highest BCUT2D eigenvalue weighted by atomic mass is 127. The minimum absolute atomic E-state index is 0.00282. The van der Waals surface area contributed by atoms with E-state index in [2.05, 4.69) is 9.97 Å². The van der Waals surface area contributed by atoms with Gasteiger partial charge in [-0.05, 0) is 41.1 Å². The zero-order chi connectivity index (χ0) is 11.5. The smallest absolute Gasteiger partial charge is 0.267 e. The number of halogens is 1. The summed E-state index contributed by atoms with van der Waals surface area (Å²) in [7, 11) is 0. The lowest BCUT2D eigenvalue weighted by molar-refractivity contribution is 0.693. The molecule has 0 fully saturated rings. The van der Waals surface area contributed by atoms with E-state index in [1.54, 1.807) is 23.2 Å². The third kappa shape index (κ3) is 2.29. The third-order valence-electron chi connectivity index (χ3n) is 2.27. The molecule has 2 aromatic heterocycles. The van der Waals surface area contributed by atoms with Gasteiger partial charge in [0, 0.05) is 18.6 Å². The van der Waals surface area contributed by atoms with Crippen molar-refractivity contribution < 1.29 is 0 Å². The van der Waals surface area contributed by atoms with E-state index in [9.17, 15) is 4.79 Å². The summed E-state index contributed by atoms with van der Waals surface area (Å²) in [6.07, 6.45) is 5.07. The zero-order valence-electron chi connectivity index (χ0n) is 8.72. The molecule has 0 N–H and O–H groups in total. The number of aryl methyl sites for hydroxylation is 1. The van der Waals surface area contributed by atoms with Gasteiger partial charge in [0.05, 0.1) is 10.1 Å². The van der Waals surface area contributed by atoms with Crippen molar-refractivity contribution in [2.45, 2.75) is 13.5 Å². The van der Waals surface area contributed by atoms with E-state index in [0.717, 1.165) is 5.56 Å². The molecule has 0 aromatic carbocycles. The fraction of sp³-hybridized carbons (Fsp3) is 0.182. The average molecular weight is 327 g/mol. The van der Waals surface area contributed by atoms with Gasteiger partial charge in [-0.15, -0.1) is 0 Å². The Balaban J connectivity index is 2.43. The van der Waals surface area contributed by atoms with Crippen LogP contribution in [0.15, 0.2) is 35.5 Å². The summed E-state index contributed by atoms with van der Waals surface area (Å²) in [6.45, 7) is 2.34. The quantitative estimate of drug-likeness (QED) is 0.787. The summed E-state index contributed by atoms with van der Waals surface area (Å²) in [5, 5.41) is 0. The van der Waals surface area contributed by atoms with E-state index in [0.29, 0.717) is 15.9 Å². The molecule has 82 valence electrons. The molecule has 0 atom stereocenters. The summed E-state index contributed by atoms with van der Waals surface area (Å²) in [6, 6.07) is 3.80. The highest BCUT2D eigenvalue weighted by molar-refractivity contribution is 14.1. The van der Waals surface area contributed by atoms with Crippen LogP contribution in [0.25, 0.3) is 0 Å². The van der Waals surface area contributed by atoms with Gasteiger partial charge in [-0.3, -0.25) is 14.3 Å². The van der Waals surface area contributed by atoms with Crippen molar-refractivity contribution in [2.75, 3.05) is 0 Å². The van der Waals surface area contributed by atoms with Crippen molar-refractivity contribution in [3.8, 4) is 0 Å². The number of aromatic nitrogens is 3. The molecule has 0 spiro atoms. The van der Waals surface area contributed by atoms with Crippen LogP contribution in [-0.4, -0.2) is 14.5 Å². The Morgan fingerprint density at radius 2 is 2.25 bits per heavy atom. The molecule has 0 bridgehead atoms. The van der Waals surface area contributed by atoms with E-state index in [1.807, 2.05) is 41.6 Å². The molecule has 0 amide bonds. The Labute approximate surface area is 107 Å². The summed E-state index contributed by atoms with van der Waals surface area (Å²) < 4.78 is 2.28. The van der Waals surface area contributed by atoms with Crippen LogP contribution in [0.3, 0.4) is 0 Å². The molecular weight excluding hydrogens is 317 g/mol. The molecule has 0 aliphatic carbocycles. The van der Waals surface area contributed by atoms with Gasteiger partial charge < -0.3 is 0 Å². The standard InChI is InChI=1S/C11H10IN3O/c1-8-14-6-10(12)11(16)15(8)7-9-3-2-4-13-5-9/h2-6H,7H2,1H3. The van der Waals surface area contributed by atoms with Crippen LogP contribution in [0.5, 0.6) is 0 Å². The normalized spacial score (nSPS) is 10.4. The number of rotatable bonds is 2. The van der Waals surface area contributed by atoms with E-state index in [1.165, 1.54) is 0 Å². The van der Waals surface area contributed by atoms with Crippen LogP contribution >= 0.6 is 22.6 Å². The predicted octanol–water partition coefficient (Wildman–Crippen LogP) is 1.60. The molecule has 16 heavy (non-hydrogen) atoms. The van der Waals surface area contributed by atoms with Gasteiger partial charge in [0.2, 0.25) is 0 Å². The van der Waals surface area contributed by atoms with Gasteiger partial charge in [-0.25, -0.2) is 4.98 Å². The molecule has 2 aromatic rings.